The summed E-state index contributed by atoms with van der Waals surface area (Å²) >= 11 is 1.48. The quantitative estimate of drug-likeness (QED) is 0.782. The van der Waals surface area contributed by atoms with Gasteiger partial charge in [-0.1, -0.05) is 6.07 Å². The molecule has 3 aromatic rings. The van der Waals surface area contributed by atoms with Gasteiger partial charge < -0.3 is 10.2 Å². The van der Waals surface area contributed by atoms with Gasteiger partial charge in [0.2, 0.25) is 5.91 Å². The molecule has 1 aliphatic rings. The largest absolute Gasteiger partial charge is 0.371 e. The zero-order chi connectivity index (χ0) is 17.1. The van der Waals surface area contributed by atoms with Gasteiger partial charge in [0.15, 0.2) is 0 Å². The average molecular weight is 351 g/mol. The van der Waals surface area contributed by atoms with E-state index in [1.54, 1.807) is 18.6 Å². The maximum atomic E-state index is 12.5. The normalized spacial score (nSPS) is 16.8. The second-order valence-electron chi connectivity index (χ2n) is 5.88. The molecule has 7 heteroatoms. The van der Waals surface area contributed by atoms with Crippen molar-refractivity contribution in [1.82, 2.24) is 15.0 Å². The number of hydrogen-bond donors (Lipinski definition) is 1. The number of nitrogens with one attached hydrogen (secondary N) is 1. The predicted octanol–water partition coefficient (Wildman–Crippen LogP) is 3.07. The first-order valence-electron chi connectivity index (χ1n) is 8.12. The summed E-state index contributed by atoms with van der Waals surface area (Å²) in [4.78, 5) is 27.5. The van der Waals surface area contributed by atoms with E-state index >= 15 is 0 Å². The Morgan fingerprint density at radius 2 is 2.08 bits per heavy atom. The fraction of sp³-hybridized carbons (Fsp3) is 0.222. The van der Waals surface area contributed by atoms with Gasteiger partial charge in [-0.2, -0.15) is 0 Å². The topological polar surface area (TPSA) is 71.0 Å². The molecule has 3 aromatic heterocycles. The summed E-state index contributed by atoms with van der Waals surface area (Å²) in [6.07, 6.45) is 6.13. The van der Waals surface area contributed by atoms with Crippen LogP contribution >= 0.6 is 11.3 Å². The molecule has 4 rings (SSSR count). The summed E-state index contributed by atoms with van der Waals surface area (Å²) in [6.45, 7) is 1.59. The van der Waals surface area contributed by atoms with Crippen molar-refractivity contribution in [2.45, 2.75) is 6.42 Å². The van der Waals surface area contributed by atoms with E-state index < -0.39 is 0 Å². The number of thiazole rings is 1. The minimum atomic E-state index is -0.0341. The summed E-state index contributed by atoms with van der Waals surface area (Å²) in [7, 11) is 0. The molecule has 0 saturated carbocycles. The molecule has 0 radical (unpaired) electrons. The molecule has 25 heavy (non-hydrogen) atoms. The van der Waals surface area contributed by atoms with Gasteiger partial charge in [-0.15, -0.1) is 11.3 Å². The van der Waals surface area contributed by atoms with Crippen LogP contribution in [0.1, 0.15) is 6.42 Å². The Labute approximate surface area is 149 Å². The van der Waals surface area contributed by atoms with Crippen molar-refractivity contribution in [2.24, 2.45) is 5.92 Å². The minimum Gasteiger partial charge on any atom is -0.371 e. The first kappa shape index (κ1) is 15.7. The fourth-order valence-electron chi connectivity index (χ4n) is 2.93. The Hall–Kier alpha value is -2.80. The Balaban J connectivity index is 1.39. The van der Waals surface area contributed by atoms with Crippen LogP contribution in [0.2, 0.25) is 0 Å². The van der Waals surface area contributed by atoms with Crippen molar-refractivity contribution < 1.29 is 4.79 Å². The van der Waals surface area contributed by atoms with E-state index in [4.69, 9.17) is 0 Å². The third-order valence-electron chi connectivity index (χ3n) is 4.23. The van der Waals surface area contributed by atoms with Crippen LogP contribution in [0.3, 0.4) is 0 Å². The highest BCUT2D eigenvalue weighted by Crippen LogP contribution is 2.26. The SMILES string of the molecule is O=C(Nc1csc(-c2ccccn2)n1)C1CCN(c2ccncc2)C1. The Kier molecular flexibility index (Phi) is 4.39. The molecular formula is C18H17N5OS. The van der Waals surface area contributed by atoms with Crippen LogP contribution in [-0.2, 0) is 4.79 Å². The molecule has 0 spiro atoms. The smallest absolute Gasteiger partial charge is 0.230 e. The van der Waals surface area contributed by atoms with Crippen molar-refractivity contribution in [2.75, 3.05) is 23.3 Å². The lowest BCUT2D eigenvalue weighted by Crippen LogP contribution is -2.27. The molecule has 0 aliphatic carbocycles. The lowest BCUT2D eigenvalue weighted by atomic mass is 10.1. The highest BCUT2D eigenvalue weighted by atomic mass is 32.1. The number of anilines is 2. The van der Waals surface area contributed by atoms with Gasteiger partial charge in [-0.25, -0.2) is 4.98 Å². The molecule has 1 saturated heterocycles. The average Bonchev–Trinajstić information content (AvgIpc) is 3.33. The molecule has 1 unspecified atom stereocenters. The maximum Gasteiger partial charge on any atom is 0.230 e. The van der Waals surface area contributed by atoms with Gasteiger partial charge in [0, 0.05) is 42.7 Å². The van der Waals surface area contributed by atoms with Crippen molar-refractivity contribution in [1.29, 1.82) is 0 Å². The summed E-state index contributed by atoms with van der Waals surface area (Å²) in [5.41, 5.74) is 1.93. The standard InChI is InChI=1S/C18H17N5OS/c24-17(13-6-10-23(11-13)14-4-8-19-9-5-14)21-16-12-25-18(22-16)15-3-1-2-7-20-15/h1-5,7-9,12-13H,6,10-11H2,(H,21,24). The molecule has 1 N–H and O–H groups in total. The molecule has 1 aliphatic heterocycles. The number of rotatable bonds is 4. The summed E-state index contributed by atoms with van der Waals surface area (Å²) in [5.74, 6) is 0.584. The van der Waals surface area contributed by atoms with E-state index in [1.165, 1.54) is 11.3 Å². The molecule has 0 aromatic carbocycles. The van der Waals surface area contributed by atoms with Gasteiger partial charge in [0.1, 0.15) is 10.8 Å². The number of amides is 1. The number of carbonyl (C=O) groups excluding carboxylic acids is 1. The Bertz CT molecular complexity index is 852. The van der Waals surface area contributed by atoms with E-state index in [-0.39, 0.29) is 11.8 Å². The second-order valence-corrected chi connectivity index (χ2v) is 6.74. The monoisotopic (exact) mass is 351 g/mol. The zero-order valence-electron chi connectivity index (χ0n) is 13.5. The van der Waals surface area contributed by atoms with E-state index in [0.29, 0.717) is 12.4 Å². The Morgan fingerprint density at radius 1 is 1.20 bits per heavy atom. The van der Waals surface area contributed by atoms with Crippen LogP contribution in [0.4, 0.5) is 11.5 Å². The third-order valence-corrected chi connectivity index (χ3v) is 5.09. The van der Waals surface area contributed by atoms with Crippen LogP contribution in [-0.4, -0.2) is 33.9 Å². The number of nitrogens with zero attached hydrogens (tertiary/aromatic N) is 4. The van der Waals surface area contributed by atoms with Crippen LogP contribution in [0.15, 0.2) is 54.3 Å². The first-order chi connectivity index (χ1) is 12.3. The van der Waals surface area contributed by atoms with Gasteiger partial charge >= 0.3 is 0 Å². The van der Waals surface area contributed by atoms with Gasteiger partial charge in [0.05, 0.1) is 11.6 Å². The number of pyridine rings is 2. The fourth-order valence-corrected chi connectivity index (χ4v) is 3.66. The van der Waals surface area contributed by atoms with Gasteiger partial charge in [-0.05, 0) is 30.7 Å². The van der Waals surface area contributed by atoms with Crippen LogP contribution in [0.5, 0.6) is 0 Å². The molecular weight excluding hydrogens is 334 g/mol. The van der Waals surface area contributed by atoms with Gasteiger partial charge in [0.25, 0.3) is 0 Å². The van der Waals surface area contributed by atoms with Gasteiger partial charge in [-0.3, -0.25) is 14.8 Å². The minimum absolute atomic E-state index is 0.0226. The lowest BCUT2D eigenvalue weighted by Gasteiger charge is -2.17. The van der Waals surface area contributed by atoms with E-state index in [0.717, 1.165) is 29.4 Å². The summed E-state index contributed by atoms with van der Waals surface area (Å²) < 4.78 is 0. The van der Waals surface area contributed by atoms with E-state index in [9.17, 15) is 4.79 Å². The van der Waals surface area contributed by atoms with E-state index in [2.05, 4.69) is 25.2 Å². The summed E-state index contributed by atoms with van der Waals surface area (Å²) in [6, 6.07) is 9.65. The number of aromatic nitrogens is 3. The van der Waals surface area contributed by atoms with Crippen molar-refractivity contribution >= 4 is 28.7 Å². The van der Waals surface area contributed by atoms with Crippen LogP contribution in [0, 0.1) is 5.92 Å². The van der Waals surface area contributed by atoms with Crippen LogP contribution in [0.25, 0.3) is 10.7 Å². The highest BCUT2D eigenvalue weighted by Gasteiger charge is 2.28. The molecule has 4 heterocycles. The highest BCUT2D eigenvalue weighted by molar-refractivity contribution is 7.13. The molecule has 6 nitrogen and oxygen atoms in total. The molecule has 1 amide bonds. The Morgan fingerprint density at radius 3 is 2.88 bits per heavy atom. The molecule has 0 bridgehead atoms. The molecule has 1 atom stereocenters. The maximum absolute atomic E-state index is 12.5. The van der Waals surface area contributed by atoms with Crippen molar-refractivity contribution in [3.05, 3.63) is 54.3 Å². The second kappa shape index (κ2) is 6.98. The first-order valence-corrected chi connectivity index (χ1v) is 9.00. The zero-order valence-corrected chi connectivity index (χ0v) is 14.3. The lowest BCUT2D eigenvalue weighted by molar-refractivity contribution is -0.119. The predicted molar refractivity (Wildman–Crippen MR) is 98.5 cm³/mol. The van der Waals surface area contributed by atoms with E-state index in [1.807, 2.05) is 35.7 Å². The van der Waals surface area contributed by atoms with Crippen molar-refractivity contribution in [3.8, 4) is 10.7 Å². The number of hydrogen-bond acceptors (Lipinski definition) is 6. The summed E-state index contributed by atoms with van der Waals surface area (Å²) in [5, 5.41) is 5.60. The van der Waals surface area contributed by atoms with Crippen molar-refractivity contribution in [3.63, 3.8) is 0 Å². The number of carbonyl (C=O) groups is 1. The third kappa shape index (κ3) is 3.51. The van der Waals surface area contributed by atoms with Crippen LogP contribution < -0.4 is 10.2 Å². The molecule has 1 fully saturated rings. The molecule has 126 valence electrons.